The summed E-state index contributed by atoms with van der Waals surface area (Å²) in [5.74, 6) is 1.16. The zero-order valence-electron chi connectivity index (χ0n) is 21.6. The molecule has 3 saturated heterocycles. The Hall–Kier alpha value is -2.69. The van der Waals surface area contributed by atoms with Crippen molar-refractivity contribution < 1.29 is 9.66 Å². The van der Waals surface area contributed by atoms with Gasteiger partial charge in [0.15, 0.2) is 5.75 Å². The molecule has 1 aromatic heterocycles. The zero-order chi connectivity index (χ0) is 25.1. The Morgan fingerprint density at radius 1 is 1.08 bits per heavy atom. The molecule has 196 valence electrons. The maximum Gasteiger partial charge on any atom is 0.311 e. The summed E-state index contributed by atoms with van der Waals surface area (Å²) in [5, 5.41) is 19.5. The van der Waals surface area contributed by atoms with Crippen molar-refractivity contribution in [3.05, 3.63) is 34.6 Å². The summed E-state index contributed by atoms with van der Waals surface area (Å²) in [5.41, 5.74) is 2.66. The Balaban J connectivity index is 1.23. The molecule has 2 aromatic rings. The molecule has 1 aromatic carbocycles. The number of nitro groups is 1. The van der Waals surface area contributed by atoms with Crippen LogP contribution in [-0.2, 0) is 7.05 Å². The van der Waals surface area contributed by atoms with Crippen molar-refractivity contribution in [3.8, 4) is 16.9 Å². The zero-order valence-corrected chi connectivity index (χ0v) is 21.6. The molecule has 3 fully saturated rings. The molecule has 0 atom stereocenters. The van der Waals surface area contributed by atoms with Crippen LogP contribution in [0.5, 0.6) is 5.75 Å². The van der Waals surface area contributed by atoms with E-state index in [9.17, 15) is 10.1 Å². The summed E-state index contributed by atoms with van der Waals surface area (Å²) >= 11 is 0. The van der Waals surface area contributed by atoms with E-state index >= 15 is 0 Å². The van der Waals surface area contributed by atoms with Crippen LogP contribution in [0.3, 0.4) is 0 Å². The third kappa shape index (κ3) is 5.50. The number of piperazine rings is 1. The van der Waals surface area contributed by atoms with Crippen molar-refractivity contribution in [3.63, 3.8) is 0 Å². The lowest BCUT2D eigenvalue weighted by atomic mass is 9.95. The highest BCUT2D eigenvalue weighted by molar-refractivity contribution is 5.82. The van der Waals surface area contributed by atoms with E-state index < -0.39 is 0 Å². The minimum Gasteiger partial charge on any atom is -0.490 e. The maximum atomic E-state index is 11.7. The highest BCUT2D eigenvalue weighted by Crippen LogP contribution is 2.40. The third-order valence-corrected chi connectivity index (χ3v) is 8.21. The molecule has 10 heteroatoms. The van der Waals surface area contributed by atoms with Crippen LogP contribution in [0.4, 0.5) is 11.4 Å². The molecular weight excluding hydrogens is 458 g/mol. The second-order valence-corrected chi connectivity index (χ2v) is 10.4. The van der Waals surface area contributed by atoms with Crippen LogP contribution in [0.1, 0.15) is 25.7 Å². The summed E-state index contributed by atoms with van der Waals surface area (Å²) in [7, 11) is 3.35. The topological polar surface area (TPSA) is 91.9 Å². The second-order valence-electron chi connectivity index (χ2n) is 10.4. The van der Waals surface area contributed by atoms with Gasteiger partial charge in [-0.2, -0.15) is 5.10 Å². The van der Waals surface area contributed by atoms with Gasteiger partial charge >= 0.3 is 5.69 Å². The summed E-state index contributed by atoms with van der Waals surface area (Å²) in [6, 6.07) is 4.12. The van der Waals surface area contributed by atoms with Crippen molar-refractivity contribution in [2.45, 2.75) is 31.7 Å². The van der Waals surface area contributed by atoms with Gasteiger partial charge in [0, 0.05) is 81.0 Å². The normalized spacial score (nSPS) is 21.1. The molecule has 1 N–H and O–H groups in total. The fourth-order valence-electron chi connectivity index (χ4n) is 6.14. The predicted octanol–water partition coefficient (Wildman–Crippen LogP) is 2.59. The van der Waals surface area contributed by atoms with Gasteiger partial charge in [0.1, 0.15) is 0 Å². The van der Waals surface area contributed by atoms with Crippen molar-refractivity contribution >= 4 is 11.4 Å². The average Bonchev–Trinajstić information content (AvgIpc) is 3.35. The minimum absolute atomic E-state index is 0.0185. The molecule has 10 nitrogen and oxygen atoms in total. The summed E-state index contributed by atoms with van der Waals surface area (Å²) in [6.45, 7) is 9.83. The largest absolute Gasteiger partial charge is 0.490 e. The SMILES string of the molecule is COc1cc(N2CCN(C3CCN(CC4CCNCC4)CC3)CC2)c(-c2cnn(C)c2)cc1[N+](=O)[O-]. The molecule has 0 bridgehead atoms. The molecule has 0 aliphatic carbocycles. The van der Waals surface area contributed by atoms with Crippen LogP contribution in [0.25, 0.3) is 11.1 Å². The Kier molecular flexibility index (Phi) is 7.73. The van der Waals surface area contributed by atoms with E-state index in [1.54, 1.807) is 16.9 Å². The number of ether oxygens (including phenoxy) is 1. The molecule has 4 heterocycles. The quantitative estimate of drug-likeness (QED) is 0.461. The number of benzene rings is 1. The molecule has 36 heavy (non-hydrogen) atoms. The lowest BCUT2D eigenvalue weighted by Gasteiger charge is -2.44. The third-order valence-electron chi connectivity index (χ3n) is 8.21. The molecule has 0 radical (unpaired) electrons. The molecule has 0 amide bonds. The first kappa shape index (κ1) is 25.0. The van der Waals surface area contributed by atoms with Gasteiger partial charge in [0.2, 0.25) is 0 Å². The monoisotopic (exact) mass is 497 g/mol. The predicted molar refractivity (Wildman–Crippen MR) is 141 cm³/mol. The number of nitrogens with one attached hydrogen (secondary N) is 1. The van der Waals surface area contributed by atoms with Crippen LogP contribution in [0.2, 0.25) is 0 Å². The highest BCUT2D eigenvalue weighted by atomic mass is 16.6. The Labute approximate surface area is 213 Å². The van der Waals surface area contributed by atoms with Crippen LogP contribution >= 0.6 is 0 Å². The number of anilines is 1. The van der Waals surface area contributed by atoms with Crippen LogP contribution in [0, 0.1) is 16.0 Å². The fraction of sp³-hybridized carbons (Fsp3) is 0.654. The number of nitrogens with zero attached hydrogens (tertiary/aromatic N) is 6. The fourth-order valence-corrected chi connectivity index (χ4v) is 6.14. The van der Waals surface area contributed by atoms with Crippen LogP contribution in [0.15, 0.2) is 24.5 Å². The van der Waals surface area contributed by atoms with Crippen LogP contribution < -0.4 is 15.0 Å². The van der Waals surface area contributed by atoms with E-state index in [4.69, 9.17) is 4.74 Å². The summed E-state index contributed by atoms with van der Waals surface area (Å²) in [6.07, 6.45) is 8.80. The second kappa shape index (κ2) is 11.1. The molecule has 0 saturated carbocycles. The van der Waals surface area contributed by atoms with Crippen molar-refractivity contribution in [2.24, 2.45) is 13.0 Å². The molecule has 5 rings (SSSR count). The number of piperidine rings is 2. The number of aryl methyl sites for hydroxylation is 1. The van der Waals surface area contributed by atoms with Gasteiger partial charge < -0.3 is 19.9 Å². The molecular formula is C26H39N7O3. The van der Waals surface area contributed by atoms with E-state index in [0.717, 1.165) is 48.9 Å². The van der Waals surface area contributed by atoms with Gasteiger partial charge in [-0.25, -0.2) is 0 Å². The lowest BCUT2D eigenvalue weighted by molar-refractivity contribution is -0.385. The number of hydrogen-bond acceptors (Lipinski definition) is 8. The molecule has 0 unspecified atom stereocenters. The van der Waals surface area contributed by atoms with Gasteiger partial charge in [0.25, 0.3) is 0 Å². The smallest absolute Gasteiger partial charge is 0.311 e. The number of likely N-dealkylation sites (tertiary alicyclic amines) is 1. The van der Waals surface area contributed by atoms with Gasteiger partial charge in [-0.05, 0) is 57.8 Å². The van der Waals surface area contributed by atoms with Crippen molar-refractivity contribution in [1.29, 1.82) is 0 Å². The Bertz CT molecular complexity index is 1040. The van der Waals surface area contributed by atoms with E-state index in [0.29, 0.717) is 11.8 Å². The van der Waals surface area contributed by atoms with Gasteiger partial charge in [-0.3, -0.25) is 19.7 Å². The number of rotatable bonds is 7. The van der Waals surface area contributed by atoms with E-state index in [2.05, 4.69) is 25.1 Å². The van der Waals surface area contributed by atoms with Crippen molar-refractivity contribution in [1.82, 2.24) is 24.9 Å². The van der Waals surface area contributed by atoms with E-state index in [1.165, 1.54) is 65.5 Å². The molecule has 3 aliphatic heterocycles. The maximum absolute atomic E-state index is 11.7. The molecule has 0 spiro atoms. The molecule has 3 aliphatic rings. The van der Waals surface area contributed by atoms with E-state index in [-0.39, 0.29) is 10.6 Å². The standard InChI is InChI=1S/C26H39N7O3/c1-29-19-21(17-28-29)23-15-25(33(34)35)26(36-2)16-24(23)32-13-11-31(12-14-32)22-5-9-30(10-6-22)18-20-3-7-27-8-4-20/h15-17,19-20,22,27H,3-14,18H2,1-2H3. The van der Waals surface area contributed by atoms with Crippen molar-refractivity contribution in [2.75, 3.05) is 70.9 Å². The number of methoxy groups -OCH3 is 1. The summed E-state index contributed by atoms with van der Waals surface area (Å²) in [4.78, 5) is 19.0. The Morgan fingerprint density at radius 2 is 1.81 bits per heavy atom. The van der Waals surface area contributed by atoms with Gasteiger partial charge in [-0.1, -0.05) is 0 Å². The van der Waals surface area contributed by atoms with E-state index in [1.807, 2.05) is 19.3 Å². The van der Waals surface area contributed by atoms with Gasteiger partial charge in [0.05, 0.1) is 18.2 Å². The van der Waals surface area contributed by atoms with Gasteiger partial charge in [-0.15, -0.1) is 0 Å². The number of nitro benzene ring substituents is 1. The average molecular weight is 498 g/mol. The first-order valence-corrected chi connectivity index (χ1v) is 13.3. The number of aromatic nitrogens is 2. The highest BCUT2D eigenvalue weighted by Gasteiger charge is 2.30. The minimum atomic E-state index is -0.377. The van der Waals surface area contributed by atoms with Crippen LogP contribution in [-0.4, -0.2) is 96.6 Å². The summed E-state index contributed by atoms with van der Waals surface area (Å²) < 4.78 is 7.13. The first-order valence-electron chi connectivity index (χ1n) is 13.3. The lowest BCUT2D eigenvalue weighted by Crippen LogP contribution is -2.53. The Morgan fingerprint density at radius 3 is 2.42 bits per heavy atom. The first-order chi connectivity index (χ1) is 17.5. The number of hydrogen-bond donors (Lipinski definition) is 1.